The van der Waals surface area contributed by atoms with Crippen molar-refractivity contribution in [3.63, 3.8) is 0 Å². The molecular weight excluding hydrogens is 414 g/mol. The van der Waals surface area contributed by atoms with Crippen molar-refractivity contribution >= 4 is 33.2 Å². The first-order chi connectivity index (χ1) is 14.5. The molecule has 0 aliphatic heterocycles. The maximum absolute atomic E-state index is 13.1. The van der Waals surface area contributed by atoms with Crippen molar-refractivity contribution in [2.45, 2.75) is 40.7 Å². The number of carbonyl (C=O) groups is 2. The molecule has 0 heterocycles. The Labute approximate surface area is 185 Å². The Morgan fingerprint density at radius 2 is 1.65 bits per heavy atom. The molecule has 0 aromatic heterocycles. The Kier molecular flexibility index (Phi) is 7.84. The maximum Gasteiger partial charge on any atom is 0.255 e. The lowest BCUT2D eigenvalue weighted by atomic mass is 10.1. The van der Waals surface area contributed by atoms with Crippen LogP contribution < -0.4 is 9.62 Å². The van der Waals surface area contributed by atoms with Crippen LogP contribution in [0.2, 0.25) is 0 Å². The molecular formula is C23H31N3O4S. The molecule has 0 aliphatic rings. The van der Waals surface area contributed by atoms with Crippen molar-refractivity contribution in [3.8, 4) is 0 Å². The van der Waals surface area contributed by atoms with E-state index >= 15 is 0 Å². The number of anilines is 2. The number of rotatable bonds is 8. The average molecular weight is 446 g/mol. The second-order valence-corrected chi connectivity index (χ2v) is 9.40. The van der Waals surface area contributed by atoms with Gasteiger partial charge in [0, 0.05) is 13.1 Å². The summed E-state index contributed by atoms with van der Waals surface area (Å²) >= 11 is 0. The summed E-state index contributed by atoms with van der Waals surface area (Å²) in [4.78, 5) is 27.6. The van der Waals surface area contributed by atoms with Crippen molar-refractivity contribution in [1.29, 1.82) is 0 Å². The number of hydrogen-bond donors (Lipinski definition) is 1. The summed E-state index contributed by atoms with van der Waals surface area (Å²) in [5.74, 6) is -0.714. The molecule has 8 heteroatoms. The van der Waals surface area contributed by atoms with Crippen LogP contribution in [0.15, 0.2) is 42.5 Å². The number of nitrogens with zero attached hydrogens (tertiary/aromatic N) is 2. The van der Waals surface area contributed by atoms with E-state index in [4.69, 9.17) is 0 Å². The highest BCUT2D eigenvalue weighted by atomic mass is 32.2. The van der Waals surface area contributed by atoms with Gasteiger partial charge in [-0.2, -0.15) is 0 Å². The molecule has 2 aromatic rings. The zero-order valence-corrected chi connectivity index (χ0v) is 19.8. The van der Waals surface area contributed by atoms with E-state index in [2.05, 4.69) is 5.32 Å². The van der Waals surface area contributed by atoms with Gasteiger partial charge in [0.1, 0.15) is 6.04 Å². The lowest BCUT2D eigenvalue weighted by Gasteiger charge is -2.30. The highest BCUT2D eigenvalue weighted by Gasteiger charge is 2.31. The molecule has 0 aliphatic carbocycles. The molecule has 7 nitrogen and oxygen atoms in total. The Bertz CT molecular complexity index is 1060. The van der Waals surface area contributed by atoms with Crippen LogP contribution in [0.1, 0.15) is 42.3 Å². The molecule has 2 aromatic carbocycles. The third kappa shape index (κ3) is 5.64. The predicted octanol–water partition coefficient (Wildman–Crippen LogP) is 3.58. The minimum absolute atomic E-state index is 0.192. The summed E-state index contributed by atoms with van der Waals surface area (Å²) < 4.78 is 26.4. The zero-order valence-electron chi connectivity index (χ0n) is 19.0. The van der Waals surface area contributed by atoms with Gasteiger partial charge in [-0.15, -0.1) is 0 Å². The first-order valence-corrected chi connectivity index (χ1v) is 12.1. The van der Waals surface area contributed by atoms with E-state index < -0.39 is 22.0 Å². The summed E-state index contributed by atoms with van der Waals surface area (Å²) in [6, 6.07) is 11.2. The van der Waals surface area contributed by atoms with Crippen LogP contribution in [0.3, 0.4) is 0 Å². The van der Waals surface area contributed by atoms with Gasteiger partial charge >= 0.3 is 0 Å². The highest BCUT2D eigenvalue weighted by Crippen LogP contribution is 2.27. The quantitative estimate of drug-likeness (QED) is 0.673. The van der Waals surface area contributed by atoms with Crippen molar-refractivity contribution in [2.75, 3.05) is 29.0 Å². The molecule has 168 valence electrons. The van der Waals surface area contributed by atoms with Crippen molar-refractivity contribution in [3.05, 3.63) is 59.2 Å². The summed E-state index contributed by atoms with van der Waals surface area (Å²) in [6.07, 6.45) is 1.08. The van der Waals surface area contributed by atoms with E-state index in [0.29, 0.717) is 30.0 Å². The van der Waals surface area contributed by atoms with E-state index in [-0.39, 0.29) is 5.91 Å². The smallest absolute Gasteiger partial charge is 0.255 e. The van der Waals surface area contributed by atoms with Gasteiger partial charge in [0.2, 0.25) is 15.9 Å². The minimum Gasteiger partial charge on any atom is -0.339 e. The Hall–Kier alpha value is -2.87. The van der Waals surface area contributed by atoms with Gasteiger partial charge in [-0.25, -0.2) is 8.42 Å². The summed E-state index contributed by atoms with van der Waals surface area (Å²) in [5.41, 5.74) is 2.80. The average Bonchev–Trinajstić information content (AvgIpc) is 2.70. The number of para-hydroxylation sites is 1. The second kappa shape index (κ2) is 9.96. The van der Waals surface area contributed by atoms with Gasteiger partial charge in [0.15, 0.2) is 0 Å². The number of carbonyl (C=O) groups excluding carboxylic acids is 2. The SMILES string of the molecule is CCN(CC)C(=O)c1ccccc1NC(=O)[C@@H](C)N(c1cc(C)ccc1C)S(C)(=O)=O. The van der Waals surface area contributed by atoms with Gasteiger partial charge in [-0.3, -0.25) is 13.9 Å². The maximum atomic E-state index is 13.1. The van der Waals surface area contributed by atoms with E-state index in [1.54, 1.807) is 42.2 Å². The van der Waals surface area contributed by atoms with Crippen LogP contribution in [-0.4, -0.2) is 50.5 Å². The minimum atomic E-state index is -3.74. The largest absolute Gasteiger partial charge is 0.339 e. The molecule has 0 radical (unpaired) electrons. The lowest BCUT2D eigenvalue weighted by molar-refractivity contribution is -0.116. The predicted molar refractivity (Wildman–Crippen MR) is 125 cm³/mol. The Balaban J connectivity index is 2.41. The van der Waals surface area contributed by atoms with Crippen LogP contribution in [-0.2, 0) is 14.8 Å². The van der Waals surface area contributed by atoms with E-state index in [1.165, 1.54) is 6.92 Å². The molecule has 1 atom stereocenters. The number of benzene rings is 2. The van der Waals surface area contributed by atoms with Gasteiger partial charge in [0.05, 0.1) is 23.2 Å². The van der Waals surface area contributed by atoms with Crippen molar-refractivity contribution in [1.82, 2.24) is 4.90 Å². The van der Waals surface area contributed by atoms with Crippen molar-refractivity contribution < 1.29 is 18.0 Å². The fourth-order valence-electron chi connectivity index (χ4n) is 3.43. The number of hydrogen-bond acceptors (Lipinski definition) is 4. The van der Waals surface area contributed by atoms with Gasteiger partial charge < -0.3 is 10.2 Å². The Morgan fingerprint density at radius 1 is 1.03 bits per heavy atom. The second-order valence-electron chi connectivity index (χ2n) is 7.54. The first kappa shape index (κ1) is 24.4. The molecule has 0 fully saturated rings. The number of amides is 2. The molecule has 0 unspecified atom stereocenters. The van der Waals surface area contributed by atoms with Crippen LogP contribution in [0.4, 0.5) is 11.4 Å². The molecule has 2 amide bonds. The van der Waals surface area contributed by atoms with E-state index in [0.717, 1.165) is 21.7 Å². The standard InChI is InChI=1S/C23H31N3O4S/c1-7-25(8-2)23(28)19-11-9-10-12-20(19)24-22(27)18(5)26(31(6,29)30)21-15-16(3)13-14-17(21)4/h9-15,18H,7-8H2,1-6H3,(H,24,27)/t18-/m1/s1. The Morgan fingerprint density at radius 3 is 2.23 bits per heavy atom. The molecule has 0 spiro atoms. The fourth-order valence-corrected chi connectivity index (χ4v) is 4.66. The summed E-state index contributed by atoms with van der Waals surface area (Å²) in [6.45, 7) is 10.1. The lowest BCUT2D eigenvalue weighted by Crippen LogP contribution is -2.46. The monoisotopic (exact) mass is 445 g/mol. The molecule has 0 bridgehead atoms. The van der Waals surface area contributed by atoms with Crippen LogP contribution >= 0.6 is 0 Å². The van der Waals surface area contributed by atoms with E-state index in [1.807, 2.05) is 32.9 Å². The van der Waals surface area contributed by atoms with E-state index in [9.17, 15) is 18.0 Å². The topological polar surface area (TPSA) is 86.8 Å². The summed E-state index contributed by atoms with van der Waals surface area (Å²) in [5, 5.41) is 2.76. The zero-order chi connectivity index (χ0) is 23.3. The van der Waals surface area contributed by atoms with Gasteiger partial charge in [-0.1, -0.05) is 24.3 Å². The highest BCUT2D eigenvalue weighted by molar-refractivity contribution is 7.92. The van der Waals surface area contributed by atoms with Crippen LogP contribution in [0.25, 0.3) is 0 Å². The summed E-state index contributed by atoms with van der Waals surface area (Å²) in [7, 11) is -3.74. The molecule has 31 heavy (non-hydrogen) atoms. The fraction of sp³-hybridized carbons (Fsp3) is 0.391. The number of aryl methyl sites for hydroxylation is 2. The number of nitrogens with one attached hydrogen (secondary N) is 1. The molecule has 0 saturated heterocycles. The normalized spacial score (nSPS) is 12.2. The van der Waals surface area contributed by atoms with Crippen molar-refractivity contribution in [2.24, 2.45) is 0 Å². The van der Waals surface area contributed by atoms with Crippen LogP contribution in [0, 0.1) is 13.8 Å². The first-order valence-electron chi connectivity index (χ1n) is 10.3. The molecule has 0 saturated carbocycles. The molecule has 1 N–H and O–H groups in total. The van der Waals surface area contributed by atoms with Gasteiger partial charge in [-0.05, 0) is 63.9 Å². The number of sulfonamides is 1. The van der Waals surface area contributed by atoms with Crippen LogP contribution in [0.5, 0.6) is 0 Å². The van der Waals surface area contributed by atoms with Gasteiger partial charge in [0.25, 0.3) is 5.91 Å². The molecule has 2 rings (SSSR count). The third-order valence-electron chi connectivity index (χ3n) is 5.16. The third-order valence-corrected chi connectivity index (χ3v) is 6.38.